The van der Waals surface area contributed by atoms with E-state index in [1.165, 1.54) is 0 Å². The van der Waals surface area contributed by atoms with Crippen LogP contribution < -0.4 is 0 Å². The lowest BCUT2D eigenvalue weighted by molar-refractivity contribution is -0.0277. The predicted molar refractivity (Wildman–Crippen MR) is 86.6 cm³/mol. The Morgan fingerprint density at radius 3 is 2.55 bits per heavy atom. The van der Waals surface area contributed by atoms with E-state index >= 15 is 0 Å². The van der Waals surface area contributed by atoms with Crippen LogP contribution in [0.4, 0.5) is 0 Å². The molecule has 1 N–H and O–H groups in total. The van der Waals surface area contributed by atoms with Crippen molar-refractivity contribution < 1.29 is 5.11 Å². The van der Waals surface area contributed by atoms with Crippen molar-refractivity contribution >= 4 is 11.6 Å². The molecule has 0 spiro atoms. The first-order valence-corrected chi connectivity index (χ1v) is 7.91. The molecule has 0 aliphatic carbocycles. The maximum atomic E-state index is 10.9. The Labute approximate surface area is 135 Å². The van der Waals surface area contributed by atoms with Gasteiger partial charge in [0, 0.05) is 42.6 Å². The van der Waals surface area contributed by atoms with Gasteiger partial charge in [-0.3, -0.25) is 4.90 Å². The van der Waals surface area contributed by atoms with Gasteiger partial charge in [0.2, 0.25) is 0 Å². The summed E-state index contributed by atoms with van der Waals surface area (Å²) in [5.41, 5.74) is 1.25. The lowest BCUT2D eigenvalue weighted by Crippen LogP contribution is -2.42. The van der Waals surface area contributed by atoms with Gasteiger partial charge in [-0.25, -0.2) is 9.97 Å². The molecule has 2 aromatic rings. The lowest BCUT2D eigenvalue weighted by Gasteiger charge is -2.38. The maximum Gasteiger partial charge on any atom is 0.125 e. The first-order chi connectivity index (χ1) is 10.5. The Morgan fingerprint density at radius 1 is 1.23 bits per heavy atom. The molecule has 0 atom stereocenters. The van der Waals surface area contributed by atoms with Crippen LogP contribution in [0.5, 0.6) is 0 Å². The number of aromatic nitrogens is 2. The second-order valence-corrected chi connectivity index (χ2v) is 6.39. The lowest BCUT2D eigenvalue weighted by atomic mass is 9.84. The summed E-state index contributed by atoms with van der Waals surface area (Å²) in [6.07, 6.45) is 5.17. The summed E-state index contributed by atoms with van der Waals surface area (Å²) < 4.78 is 0. The van der Waals surface area contributed by atoms with Crippen molar-refractivity contribution in [3.63, 3.8) is 0 Å². The Balaban J connectivity index is 1.63. The number of hydrogen-bond acceptors (Lipinski definition) is 4. The molecular weight excluding hydrogens is 298 g/mol. The third-order valence-electron chi connectivity index (χ3n) is 4.29. The number of piperidine rings is 1. The molecule has 116 valence electrons. The van der Waals surface area contributed by atoms with Gasteiger partial charge in [-0.1, -0.05) is 23.7 Å². The van der Waals surface area contributed by atoms with E-state index in [1.54, 1.807) is 0 Å². The molecule has 3 rings (SSSR count). The molecule has 22 heavy (non-hydrogen) atoms. The average molecular weight is 318 g/mol. The average Bonchev–Trinajstić information content (AvgIpc) is 2.52. The fraction of sp³-hybridized carbons (Fsp3) is 0.412. The van der Waals surface area contributed by atoms with Gasteiger partial charge in [-0.2, -0.15) is 0 Å². The van der Waals surface area contributed by atoms with Crippen LogP contribution >= 0.6 is 11.6 Å². The molecule has 1 aliphatic heterocycles. The van der Waals surface area contributed by atoms with Crippen molar-refractivity contribution in [3.8, 4) is 0 Å². The van der Waals surface area contributed by atoms with E-state index in [-0.39, 0.29) is 0 Å². The van der Waals surface area contributed by atoms with Gasteiger partial charge in [0.05, 0.1) is 5.60 Å². The van der Waals surface area contributed by atoms with Gasteiger partial charge in [-0.15, -0.1) is 0 Å². The zero-order chi connectivity index (χ0) is 15.6. The highest BCUT2D eigenvalue weighted by Crippen LogP contribution is 2.34. The Bertz CT molecular complexity index is 637. The fourth-order valence-corrected chi connectivity index (χ4v) is 3.10. The third-order valence-corrected chi connectivity index (χ3v) is 4.52. The number of aryl methyl sites for hydroxylation is 1. The highest BCUT2D eigenvalue weighted by Gasteiger charge is 2.34. The van der Waals surface area contributed by atoms with Crippen LogP contribution in [0.25, 0.3) is 0 Å². The van der Waals surface area contributed by atoms with E-state index in [0.29, 0.717) is 17.9 Å². The zero-order valence-electron chi connectivity index (χ0n) is 12.7. The first kappa shape index (κ1) is 15.4. The number of aliphatic hydroxyl groups is 1. The van der Waals surface area contributed by atoms with Gasteiger partial charge < -0.3 is 5.11 Å². The van der Waals surface area contributed by atoms with Crippen molar-refractivity contribution in [2.45, 2.75) is 31.9 Å². The molecule has 0 bridgehead atoms. The van der Waals surface area contributed by atoms with Crippen molar-refractivity contribution in [2.75, 3.05) is 13.1 Å². The highest BCUT2D eigenvalue weighted by molar-refractivity contribution is 6.30. The number of halogens is 1. The summed E-state index contributed by atoms with van der Waals surface area (Å²) in [6, 6.07) is 7.55. The largest absolute Gasteiger partial charge is 0.385 e. The Morgan fingerprint density at radius 2 is 1.91 bits per heavy atom. The minimum absolute atomic E-state index is 0.671. The molecule has 1 aliphatic rings. The highest BCUT2D eigenvalue weighted by atomic mass is 35.5. The van der Waals surface area contributed by atoms with Crippen molar-refractivity contribution in [1.29, 1.82) is 0 Å². The summed E-state index contributed by atoms with van der Waals surface area (Å²) in [5.74, 6) is 0.790. The molecule has 2 heterocycles. The van der Waals surface area contributed by atoms with Gasteiger partial charge in [0.1, 0.15) is 5.82 Å². The van der Waals surface area contributed by atoms with Crippen molar-refractivity contribution in [1.82, 2.24) is 14.9 Å². The van der Waals surface area contributed by atoms with Gasteiger partial charge in [0.15, 0.2) is 0 Å². The fourth-order valence-electron chi connectivity index (χ4n) is 2.91. The summed E-state index contributed by atoms with van der Waals surface area (Å²) in [5, 5.41) is 11.5. The number of likely N-dealkylation sites (tertiary alicyclic amines) is 1. The van der Waals surface area contributed by atoms with Crippen LogP contribution in [0.1, 0.15) is 29.8 Å². The third kappa shape index (κ3) is 3.46. The zero-order valence-corrected chi connectivity index (χ0v) is 13.4. The van der Waals surface area contributed by atoms with E-state index in [4.69, 9.17) is 11.6 Å². The Hall–Kier alpha value is -1.49. The number of rotatable bonds is 3. The summed E-state index contributed by atoms with van der Waals surface area (Å²) >= 11 is 6.04. The van der Waals surface area contributed by atoms with Crippen LogP contribution in [0.15, 0.2) is 36.7 Å². The minimum atomic E-state index is -0.773. The van der Waals surface area contributed by atoms with E-state index in [9.17, 15) is 5.11 Å². The molecular formula is C17H20ClN3O. The van der Waals surface area contributed by atoms with Gasteiger partial charge in [-0.05, 0) is 37.5 Å². The monoisotopic (exact) mass is 317 g/mol. The molecule has 4 nitrogen and oxygen atoms in total. The summed E-state index contributed by atoms with van der Waals surface area (Å²) in [4.78, 5) is 10.8. The van der Waals surface area contributed by atoms with E-state index in [2.05, 4.69) is 14.9 Å². The molecule has 0 radical (unpaired) electrons. The standard InChI is InChI=1S/C17H20ClN3O/c1-13-19-10-14(11-20-13)12-21-7-5-17(22,6-8-21)15-3-2-4-16(18)9-15/h2-4,9-11,22H,5-8,12H2,1H3. The predicted octanol–water partition coefficient (Wildman–Crippen LogP) is 2.92. The SMILES string of the molecule is Cc1ncc(CN2CCC(O)(c3cccc(Cl)c3)CC2)cn1. The summed E-state index contributed by atoms with van der Waals surface area (Å²) in [6.45, 7) is 4.40. The topological polar surface area (TPSA) is 49.2 Å². The van der Waals surface area contributed by atoms with Gasteiger partial charge >= 0.3 is 0 Å². The molecule has 5 heteroatoms. The molecule has 1 saturated heterocycles. The molecule has 0 amide bonds. The smallest absolute Gasteiger partial charge is 0.125 e. The van der Waals surface area contributed by atoms with E-state index in [0.717, 1.165) is 36.6 Å². The molecule has 1 fully saturated rings. The molecule has 1 aromatic heterocycles. The van der Waals surface area contributed by atoms with Crippen molar-refractivity contribution in [2.24, 2.45) is 0 Å². The van der Waals surface area contributed by atoms with Crippen LogP contribution in [-0.4, -0.2) is 33.1 Å². The van der Waals surface area contributed by atoms with Crippen molar-refractivity contribution in [3.05, 3.63) is 58.6 Å². The molecule has 1 aromatic carbocycles. The van der Waals surface area contributed by atoms with Crippen LogP contribution in [0.2, 0.25) is 5.02 Å². The second-order valence-electron chi connectivity index (χ2n) is 5.96. The maximum absolute atomic E-state index is 10.9. The minimum Gasteiger partial charge on any atom is -0.385 e. The molecule has 0 unspecified atom stereocenters. The normalized spacial score (nSPS) is 18.3. The van der Waals surface area contributed by atoms with Crippen LogP contribution in [-0.2, 0) is 12.1 Å². The first-order valence-electron chi connectivity index (χ1n) is 7.53. The number of benzene rings is 1. The van der Waals surface area contributed by atoms with Crippen LogP contribution in [0, 0.1) is 6.92 Å². The number of nitrogens with zero attached hydrogens (tertiary/aromatic N) is 3. The Kier molecular flexibility index (Phi) is 4.43. The summed E-state index contributed by atoms with van der Waals surface area (Å²) in [7, 11) is 0. The van der Waals surface area contributed by atoms with E-state index < -0.39 is 5.60 Å². The second kappa shape index (κ2) is 6.32. The number of hydrogen-bond donors (Lipinski definition) is 1. The van der Waals surface area contributed by atoms with Gasteiger partial charge in [0.25, 0.3) is 0 Å². The quantitative estimate of drug-likeness (QED) is 0.945. The van der Waals surface area contributed by atoms with Crippen LogP contribution in [0.3, 0.4) is 0 Å². The molecule has 0 saturated carbocycles. The van der Waals surface area contributed by atoms with E-state index in [1.807, 2.05) is 43.6 Å².